The number of aromatic nitrogens is 1. The Kier molecular flexibility index (Phi) is 2.78. The van der Waals surface area contributed by atoms with E-state index in [-0.39, 0.29) is 0 Å². The molecule has 82 valence electrons. The third kappa shape index (κ3) is 1.85. The first-order valence-electron chi connectivity index (χ1n) is 5.60. The molecule has 1 aromatic heterocycles. The zero-order valence-electron chi connectivity index (χ0n) is 10.3. The molecular weight excluding hydrogens is 194 g/mol. The van der Waals surface area contributed by atoms with Crippen molar-refractivity contribution in [3.8, 4) is 11.3 Å². The largest absolute Gasteiger partial charge is 0.253 e. The monoisotopic (exact) mass is 211 g/mol. The van der Waals surface area contributed by atoms with E-state index in [0.717, 1.165) is 11.4 Å². The molecule has 0 radical (unpaired) electrons. The Morgan fingerprint density at radius 3 is 2.25 bits per heavy atom. The molecule has 0 aliphatic carbocycles. The van der Waals surface area contributed by atoms with Crippen LogP contribution in [0.15, 0.2) is 30.3 Å². The fourth-order valence-electron chi connectivity index (χ4n) is 1.81. The van der Waals surface area contributed by atoms with Gasteiger partial charge in [-0.1, -0.05) is 24.3 Å². The van der Waals surface area contributed by atoms with Crippen LogP contribution in [0.4, 0.5) is 0 Å². The molecule has 2 aromatic rings. The predicted molar refractivity (Wildman–Crippen MR) is 68.6 cm³/mol. The van der Waals surface area contributed by atoms with Crippen LogP contribution in [-0.4, -0.2) is 4.98 Å². The molecule has 0 amide bonds. The molecular formula is C15H17N. The number of hydrogen-bond acceptors (Lipinski definition) is 1. The minimum Gasteiger partial charge on any atom is -0.253 e. The summed E-state index contributed by atoms with van der Waals surface area (Å²) in [4.78, 5) is 4.64. The van der Waals surface area contributed by atoms with E-state index in [1.807, 2.05) is 0 Å². The smallest absolute Gasteiger partial charge is 0.0708 e. The van der Waals surface area contributed by atoms with Gasteiger partial charge in [0.1, 0.15) is 0 Å². The minimum absolute atomic E-state index is 1.07. The Morgan fingerprint density at radius 2 is 1.56 bits per heavy atom. The molecule has 0 aliphatic heterocycles. The molecule has 1 aromatic carbocycles. The van der Waals surface area contributed by atoms with Gasteiger partial charge in [-0.3, -0.25) is 4.98 Å². The zero-order valence-corrected chi connectivity index (χ0v) is 10.3. The van der Waals surface area contributed by atoms with Gasteiger partial charge >= 0.3 is 0 Å². The van der Waals surface area contributed by atoms with E-state index in [1.165, 1.54) is 22.3 Å². The van der Waals surface area contributed by atoms with E-state index in [0.29, 0.717) is 0 Å². The van der Waals surface area contributed by atoms with E-state index in [4.69, 9.17) is 0 Å². The summed E-state index contributed by atoms with van der Waals surface area (Å²) in [6, 6.07) is 10.6. The molecule has 0 bridgehead atoms. The summed E-state index contributed by atoms with van der Waals surface area (Å²) in [7, 11) is 0. The predicted octanol–water partition coefficient (Wildman–Crippen LogP) is 3.98. The lowest BCUT2D eigenvalue weighted by atomic mass is 10.00. The van der Waals surface area contributed by atoms with Crippen LogP contribution < -0.4 is 0 Å². The Hall–Kier alpha value is -1.63. The Balaban J connectivity index is 2.59. The number of pyridine rings is 1. The second-order valence-electron chi connectivity index (χ2n) is 4.35. The Labute approximate surface area is 97.2 Å². The molecule has 0 spiro atoms. The third-order valence-corrected chi connectivity index (χ3v) is 3.23. The van der Waals surface area contributed by atoms with Crippen LogP contribution in [-0.2, 0) is 0 Å². The van der Waals surface area contributed by atoms with Crippen molar-refractivity contribution < 1.29 is 0 Å². The van der Waals surface area contributed by atoms with Crippen molar-refractivity contribution in [2.75, 3.05) is 0 Å². The summed E-state index contributed by atoms with van der Waals surface area (Å²) >= 11 is 0. The van der Waals surface area contributed by atoms with Crippen LogP contribution in [0.5, 0.6) is 0 Å². The van der Waals surface area contributed by atoms with Crippen molar-refractivity contribution in [2.24, 2.45) is 0 Å². The van der Waals surface area contributed by atoms with Gasteiger partial charge in [0.25, 0.3) is 0 Å². The van der Waals surface area contributed by atoms with E-state index in [2.05, 4.69) is 63.0 Å². The highest BCUT2D eigenvalue weighted by molar-refractivity contribution is 5.65. The van der Waals surface area contributed by atoms with Crippen LogP contribution in [0.2, 0.25) is 0 Å². The lowest BCUT2D eigenvalue weighted by molar-refractivity contribution is 1.15. The first kappa shape index (κ1) is 10.9. The molecule has 0 saturated carbocycles. The van der Waals surface area contributed by atoms with Gasteiger partial charge in [0.05, 0.1) is 5.69 Å². The summed E-state index contributed by atoms with van der Waals surface area (Å²) in [5.41, 5.74) is 7.30. The van der Waals surface area contributed by atoms with Crippen LogP contribution in [0.1, 0.15) is 22.4 Å². The molecule has 0 N–H and O–H groups in total. The van der Waals surface area contributed by atoms with Crippen molar-refractivity contribution in [1.82, 2.24) is 4.98 Å². The van der Waals surface area contributed by atoms with Gasteiger partial charge in [-0.05, 0) is 50.5 Å². The standard InChI is InChI=1S/C15H17N/c1-10-6-5-7-14(12(10)3)15-9-8-11(2)13(4)16-15/h5-9H,1-4H3. The van der Waals surface area contributed by atoms with Crippen molar-refractivity contribution in [2.45, 2.75) is 27.7 Å². The minimum atomic E-state index is 1.07. The highest BCUT2D eigenvalue weighted by Gasteiger charge is 2.05. The highest BCUT2D eigenvalue weighted by atomic mass is 14.7. The molecule has 0 unspecified atom stereocenters. The van der Waals surface area contributed by atoms with Crippen LogP contribution in [0.3, 0.4) is 0 Å². The summed E-state index contributed by atoms with van der Waals surface area (Å²) in [6.45, 7) is 8.45. The average molecular weight is 211 g/mol. The summed E-state index contributed by atoms with van der Waals surface area (Å²) in [6.07, 6.45) is 0. The van der Waals surface area contributed by atoms with E-state index >= 15 is 0 Å². The first-order chi connectivity index (χ1) is 7.59. The molecule has 0 fully saturated rings. The molecule has 1 heteroatoms. The fraction of sp³-hybridized carbons (Fsp3) is 0.267. The van der Waals surface area contributed by atoms with E-state index < -0.39 is 0 Å². The number of benzene rings is 1. The van der Waals surface area contributed by atoms with Gasteiger partial charge in [0.2, 0.25) is 0 Å². The number of nitrogens with zero attached hydrogens (tertiary/aromatic N) is 1. The van der Waals surface area contributed by atoms with Gasteiger partial charge in [-0.2, -0.15) is 0 Å². The molecule has 0 saturated heterocycles. The van der Waals surface area contributed by atoms with Gasteiger partial charge in [0.15, 0.2) is 0 Å². The molecule has 0 aliphatic rings. The lowest BCUT2D eigenvalue weighted by Gasteiger charge is -2.09. The van der Waals surface area contributed by atoms with Crippen molar-refractivity contribution in [3.63, 3.8) is 0 Å². The maximum atomic E-state index is 4.64. The number of aryl methyl sites for hydroxylation is 3. The highest BCUT2D eigenvalue weighted by Crippen LogP contribution is 2.24. The summed E-state index contributed by atoms with van der Waals surface area (Å²) in [5, 5.41) is 0. The van der Waals surface area contributed by atoms with Gasteiger partial charge in [-0.25, -0.2) is 0 Å². The van der Waals surface area contributed by atoms with E-state index in [9.17, 15) is 0 Å². The summed E-state index contributed by atoms with van der Waals surface area (Å²) in [5.74, 6) is 0. The molecule has 1 heterocycles. The van der Waals surface area contributed by atoms with Crippen molar-refractivity contribution >= 4 is 0 Å². The number of rotatable bonds is 1. The van der Waals surface area contributed by atoms with Gasteiger partial charge < -0.3 is 0 Å². The average Bonchev–Trinajstić information content (AvgIpc) is 2.26. The second-order valence-corrected chi connectivity index (χ2v) is 4.35. The Morgan fingerprint density at radius 1 is 0.812 bits per heavy atom. The third-order valence-electron chi connectivity index (χ3n) is 3.23. The SMILES string of the molecule is Cc1ccc(-c2cccc(C)c2C)nc1C. The normalized spacial score (nSPS) is 10.5. The molecule has 16 heavy (non-hydrogen) atoms. The van der Waals surface area contributed by atoms with Crippen LogP contribution in [0.25, 0.3) is 11.3 Å². The Bertz CT molecular complexity index is 527. The second kappa shape index (κ2) is 4.09. The fourth-order valence-corrected chi connectivity index (χ4v) is 1.81. The molecule has 1 nitrogen and oxygen atoms in total. The van der Waals surface area contributed by atoms with Gasteiger partial charge in [0, 0.05) is 11.3 Å². The topological polar surface area (TPSA) is 12.9 Å². The lowest BCUT2D eigenvalue weighted by Crippen LogP contribution is -1.93. The zero-order chi connectivity index (χ0) is 11.7. The van der Waals surface area contributed by atoms with Crippen molar-refractivity contribution in [1.29, 1.82) is 0 Å². The maximum absolute atomic E-state index is 4.64. The molecule has 2 rings (SSSR count). The number of hydrogen-bond donors (Lipinski definition) is 0. The van der Waals surface area contributed by atoms with Crippen LogP contribution in [0, 0.1) is 27.7 Å². The van der Waals surface area contributed by atoms with Gasteiger partial charge in [-0.15, -0.1) is 0 Å². The molecule has 0 atom stereocenters. The van der Waals surface area contributed by atoms with E-state index in [1.54, 1.807) is 0 Å². The maximum Gasteiger partial charge on any atom is 0.0708 e. The quantitative estimate of drug-likeness (QED) is 0.695. The first-order valence-corrected chi connectivity index (χ1v) is 5.60. The van der Waals surface area contributed by atoms with Crippen molar-refractivity contribution in [3.05, 3.63) is 52.7 Å². The summed E-state index contributed by atoms with van der Waals surface area (Å²) < 4.78 is 0. The van der Waals surface area contributed by atoms with Crippen LogP contribution >= 0.6 is 0 Å².